The highest BCUT2D eigenvalue weighted by atomic mass is 16.2. The normalized spacial score (nSPS) is 21.8. The maximum absolute atomic E-state index is 13.2. The molecule has 0 radical (unpaired) electrons. The first-order valence-electron chi connectivity index (χ1n) is 10.7. The highest BCUT2D eigenvalue weighted by Crippen LogP contribution is 2.23. The van der Waals surface area contributed by atoms with E-state index in [2.05, 4.69) is 30.2 Å². The molecule has 27 heavy (non-hydrogen) atoms. The smallest absolute Gasteiger partial charge is 0.259 e. The van der Waals surface area contributed by atoms with Crippen LogP contribution in [0.4, 0.5) is 0 Å². The van der Waals surface area contributed by atoms with Crippen molar-refractivity contribution in [1.29, 1.82) is 0 Å². The molecule has 2 aliphatic heterocycles. The molecule has 3 heterocycles. The van der Waals surface area contributed by atoms with E-state index in [1.54, 1.807) is 6.07 Å². The van der Waals surface area contributed by atoms with Crippen LogP contribution in [0.5, 0.6) is 0 Å². The minimum atomic E-state index is -0.108. The minimum absolute atomic E-state index is 0.0590. The summed E-state index contributed by atoms with van der Waals surface area (Å²) in [5, 5.41) is 0. The molecule has 0 aromatic carbocycles. The van der Waals surface area contributed by atoms with Crippen molar-refractivity contribution in [1.82, 2.24) is 14.4 Å². The lowest BCUT2D eigenvalue weighted by molar-refractivity contribution is 0.0693. The largest absolute Gasteiger partial charge is 0.346 e. The van der Waals surface area contributed by atoms with Gasteiger partial charge in [0.05, 0.1) is 0 Å². The van der Waals surface area contributed by atoms with Gasteiger partial charge < -0.3 is 9.47 Å². The Morgan fingerprint density at radius 1 is 1.15 bits per heavy atom. The fourth-order valence-electron chi connectivity index (χ4n) is 4.78. The van der Waals surface area contributed by atoms with Gasteiger partial charge in [0.2, 0.25) is 0 Å². The second-order valence-electron chi connectivity index (χ2n) is 8.34. The molecule has 1 atom stereocenters. The molecule has 2 fully saturated rings. The van der Waals surface area contributed by atoms with Gasteiger partial charge in [0.15, 0.2) is 5.43 Å². The van der Waals surface area contributed by atoms with E-state index < -0.39 is 0 Å². The zero-order chi connectivity index (χ0) is 19.6. The Bertz CT molecular complexity index is 732. The fourth-order valence-corrected chi connectivity index (χ4v) is 4.78. The van der Waals surface area contributed by atoms with Crippen LogP contribution in [0.25, 0.3) is 0 Å². The van der Waals surface area contributed by atoms with Crippen LogP contribution in [-0.2, 0) is 13.0 Å². The van der Waals surface area contributed by atoms with Crippen LogP contribution < -0.4 is 5.43 Å². The number of hydrogen-bond donors (Lipinski definition) is 0. The third-order valence-corrected chi connectivity index (χ3v) is 6.54. The van der Waals surface area contributed by atoms with Crippen molar-refractivity contribution in [3.63, 3.8) is 0 Å². The molecule has 0 bridgehead atoms. The maximum Gasteiger partial charge on any atom is 0.259 e. The Balaban J connectivity index is 1.94. The van der Waals surface area contributed by atoms with Gasteiger partial charge >= 0.3 is 0 Å². The van der Waals surface area contributed by atoms with Crippen molar-refractivity contribution in [2.24, 2.45) is 5.92 Å². The molecule has 0 saturated carbocycles. The van der Waals surface area contributed by atoms with Gasteiger partial charge in [-0.25, -0.2) is 0 Å². The highest BCUT2D eigenvalue weighted by Gasteiger charge is 2.29. The topological polar surface area (TPSA) is 45.6 Å². The molecule has 0 aliphatic carbocycles. The fraction of sp³-hybridized carbons (Fsp3) is 0.727. The van der Waals surface area contributed by atoms with E-state index in [1.165, 1.54) is 12.8 Å². The Morgan fingerprint density at radius 2 is 1.85 bits per heavy atom. The van der Waals surface area contributed by atoms with Crippen molar-refractivity contribution in [3.8, 4) is 0 Å². The number of hydrogen-bond acceptors (Lipinski definition) is 3. The summed E-state index contributed by atoms with van der Waals surface area (Å²) < 4.78 is 2.25. The SMILES string of the molecule is CCc1c(C(=O)N2CCC(C)CC2)c(=O)cc(C)n1C[C@H]1CCCN1CC. The maximum atomic E-state index is 13.2. The lowest BCUT2D eigenvalue weighted by Gasteiger charge is -2.32. The summed E-state index contributed by atoms with van der Waals surface area (Å²) in [6.07, 6.45) is 5.19. The molecule has 2 saturated heterocycles. The summed E-state index contributed by atoms with van der Waals surface area (Å²) >= 11 is 0. The number of piperidine rings is 1. The van der Waals surface area contributed by atoms with Gasteiger partial charge in [0.1, 0.15) is 5.56 Å². The Morgan fingerprint density at radius 3 is 2.48 bits per heavy atom. The van der Waals surface area contributed by atoms with Gasteiger partial charge in [-0.05, 0) is 58.0 Å². The summed E-state index contributed by atoms with van der Waals surface area (Å²) in [4.78, 5) is 30.4. The summed E-state index contributed by atoms with van der Waals surface area (Å²) in [5.41, 5.74) is 2.21. The lowest BCUT2D eigenvalue weighted by atomic mass is 9.98. The van der Waals surface area contributed by atoms with Crippen molar-refractivity contribution < 1.29 is 4.79 Å². The van der Waals surface area contributed by atoms with Crippen LogP contribution in [0, 0.1) is 12.8 Å². The first-order chi connectivity index (χ1) is 13.0. The molecule has 0 unspecified atom stereocenters. The highest BCUT2D eigenvalue weighted by molar-refractivity contribution is 5.95. The zero-order valence-electron chi connectivity index (χ0n) is 17.5. The number of aryl methyl sites for hydroxylation is 1. The molecule has 150 valence electrons. The molecule has 0 N–H and O–H groups in total. The third kappa shape index (κ3) is 4.13. The van der Waals surface area contributed by atoms with E-state index in [0.717, 1.165) is 57.0 Å². The molecule has 1 amide bonds. The van der Waals surface area contributed by atoms with Crippen LogP contribution in [0.15, 0.2) is 10.9 Å². The summed E-state index contributed by atoms with van der Waals surface area (Å²) in [6, 6.07) is 2.17. The summed E-state index contributed by atoms with van der Waals surface area (Å²) in [6.45, 7) is 13.1. The van der Waals surface area contributed by atoms with Crippen LogP contribution in [-0.4, -0.2) is 52.5 Å². The quantitative estimate of drug-likeness (QED) is 0.797. The van der Waals surface area contributed by atoms with Crippen molar-refractivity contribution >= 4 is 5.91 Å². The van der Waals surface area contributed by atoms with E-state index >= 15 is 0 Å². The van der Waals surface area contributed by atoms with Gasteiger partial charge in [-0.1, -0.05) is 20.8 Å². The molecule has 0 spiro atoms. The van der Waals surface area contributed by atoms with E-state index in [0.29, 0.717) is 23.9 Å². The number of amides is 1. The lowest BCUT2D eigenvalue weighted by Crippen LogP contribution is -2.42. The summed E-state index contributed by atoms with van der Waals surface area (Å²) in [5.74, 6) is 0.605. The number of carbonyl (C=O) groups excluding carboxylic acids is 1. The summed E-state index contributed by atoms with van der Waals surface area (Å²) in [7, 11) is 0. The van der Waals surface area contributed by atoms with Gasteiger partial charge in [0, 0.05) is 43.1 Å². The monoisotopic (exact) mass is 373 g/mol. The zero-order valence-corrected chi connectivity index (χ0v) is 17.5. The Kier molecular flexibility index (Phi) is 6.40. The number of likely N-dealkylation sites (N-methyl/N-ethyl adjacent to an activating group) is 1. The number of carbonyl (C=O) groups is 1. The standard InChI is InChI=1S/C22H35N3O2/c1-5-19-21(22(27)24-12-9-16(3)10-13-24)20(26)14-17(4)25(19)15-18-8-7-11-23(18)6-2/h14,16,18H,5-13,15H2,1-4H3/t18-/m1/s1. The van der Waals surface area contributed by atoms with E-state index in [-0.39, 0.29) is 11.3 Å². The van der Waals surface area contributed by atoms with Crippen molar-refractivity contribution in [3.05, 3.63) is 33.2 Å². The molecular weight excluding hydrogens is 338 g/mol. The van der Waals surface area contributed by atoms with Crippen molar-refractivity contribution in [2.45, 2.75) is 72.4 Å². The predicted octanol–water partition coefficient (Wildman–Crippen LogP) is 3.08. The van der Waals surface area contributed by atoms with Gasteiger partial charge in [-0.2, -0.15) is 0 Å². The molecule has 5 nitrogen and oxygen atoms in total. The average molecular weight is 374 g/mol. The second-order valence-corrected chi connectivity index (χ2v) is 8.34. The number of rotatable bonds is 5. The first kappa shape index (κ1) is 20.1. The molecular formula is C22H35N3O2. The minimum Gasteiger partial charge on any atom is -0.346 e. The number of aromatic nitrogens is 1. The van der Waals surface area contributed by atoms with Gasteiger partial charge in [0.25, 0.3) is 5.91 Å². The Hall–Kier alpha value is -1.62. The van der Waals surface area contributed by atoms with Crippen LogP contribution in [0.1, 0.15) is 68.2 Å². The van der Waals surface area contributed by atoms with Crippen LogP contribution >= 0.6 is 0 Å². The average Bonchev–Trinajstić information content (AvgIpc) is 3.11. The van der Waals surface area contributed by atoms with E-state index in [4.69, 9.17) is 0 Å². The molecule has 2 aliphatic rings. The van der Waals surface area contributed by atoms with Crippen LogP contribution in [0.2, 0.25) is 0 Å². The van der Waals surface area contributed by atoms with E-state index in [9.17, 15) is 9.59 Å². The van der Waals surface area contributed by atoms with Crippen molar-refractivity contribution in [2.75, 3.05) is 26.2 Å². The number of pyridine rings is 1. The third-order valence-electron chi connectivity index (χ3n) is 6.54. The molecule has 1 aromatic heterocycles. The van der Waals surface area contributed by atoms with E-state index in [1.807, 2.05) is 11.8 Å². The second kappa shape index (κ2) is 8.59. The Labute approximate surface area is 163 Å². The molecule has 1 aromatic rings. The van der Waals surface area contributed by atoms with Crippen LogP contribution in [0.3, 0.4) is 0 Å². The predicted molar refractivity (Wildman–Crippen MR) is 109 cm³/mol. The van der Waals surface area contributed by atoms with Gasteiger partial charge in [-0.3, -0.25) is 14.5 Å². The molecule has 5 heteroatoms. The number of nitrogens with zero attached hydrogens (tertiary/aromatic N) is 3. The first-order valence-corrected chi connectivity index (χ1v) is 10.7. The van der Waals surface area contributed by atoms with Gasteiger partial charge in [-0.15, -0.1) is 0 Å². The number of likely N-dealkylation sites (tertiary alicyclic amines) is 2. The molecule has 3 rings (SSSR count).